The Morgan fingerprint density at radius 2 is 2.09 bits per heavy atom. The summed E-state index contributed by atoms with van der Waals surface area (Å²) in [6.45, 7) is 1.89. The Bertz CT molecular complexity index is 497. The molecule has 6 heteroatoms. The second kappa shape index (κ2) is 8.91. The Kier molecular flexibility index (Phi) is 6.89. The standard InChI is InChI=1S/C17H25NO4S/c1-13(19)21-15(16-9-6-12-23-16)10-11-18(2)17(20)22-14-7-4-3-5-8-14/h6,9,12,14-15H,3-5,7-8,10-11H2,1-2H3. The van der Waals surface area contributed by atoms with Crippen LogP contribution >= 0.6 is 11.3 Å². The number of hydrogen-bond donors (Lipinski definition) is 0. The lowest BCUT2D eigenvalue weighted by Gasteiger charge is -2.26. The van der Waals surface area contributed by atoms with Gasteiger partial charge in [0.1, 0.15) is 12.2 Å². The average molecular weight is 339 g/mol. The zero-order valence-corrected chi connectivity index (χ0v) is 14.6. The highest BCUT2D eigenvalue weighted by Gasteiger charge is 2.22. The number of carbonyl (C=O) groups excluding carboxylic acids is 2. The van der Waals surface area contributed by atoms with Crippen LogP contribution in [-0.4, -0.2) is 36.7 Å². The van der Waals surface area contributed by atoms with Crippen LogP contribution in [0.2, 0.25) is 0 Å². The van der Waals surface area contributed by atoms with Gasteiger partial charge in [-0.05, 0) is 37.1 Å². The minimum absolute atomic E-state index is 0.0558. The van der Waals surface area contributed by atoms with Crippen LogP contribution in [0.15, 0.2) is 17.5 Å². The van der Waals surface area contributed by atoms with E-state index in [2.05, 4.69) is 0 Å². The summed E-state index contributed by atoms with van der Waals surface area (Å²) in [6, 6.07) is 3.87. The summed E-state index contributed by atoms with van der Waals surface area (Å²) in [6.07, 6.45) is 5.45. The molecule has 0 aromatic carbocycles. The molecule has 23 heavy (non-hydrogen) atoms. The van der Waals surface area contributed by atoms with E-state index in [0.29, 0.717) is 13.0 Å². The van der Waals surface area contributed by atoms with Gasteiger partial charge in [0.05, 0.1) is 0 Å². The van der Waals surface area contributed by atoms with Crippen molar-refractivity contribution in [1.82, 2.24) is 4.90 Å². The Labute approximate surface area is 141 Å². The second-order valence-corrected chi connectivity index (χ2v) is 6.95. The van der Waals surface area contributed by atoms with Gasteiger partial charge in [-0.1, -0.05) is 12.5 Å². The molecule has 1 aliphatic rings. The van der Waals surface area contributed by atoms with Crippen molar-refractivity contribution in [1.29, 1.82) is 0 Å². The Morgan fingerprint density at radius 1 is 1.35 bits per heavy atom. The van der Waals surface area contributed by atoms with Crippen LogP contribution in [0.5, 0.6) is 0 Å². The molecule has 1 amide bonds. The maximum atomic E-state index is 12.1. The van der Waals surface area contributed by atoms with E-state index < -0.39 is 0 Å². The monoisotopic (exact) mass is 339 g/mol. The molecule has 1 unspecified atom stereocenters. The van der Waals surface area contributed by atoms with E-state index in [-0.39, 0.29) is 24.3 Å². The van der Waals surface area contributed by atoms with Crippen LogP contribution in [-0.2, 0) is 14.3 Å². The fourth-order valence-corrected chi connectivity index (χ4v) is 3.54. The van der Waals surface area contributed by atoms with Gasteiger partial charge in [-0.25, -0.2) is 4.79 Å². The maximum absolute atomic E-state index is 12.1. The van der Waals surface area contributed by atoms with Gasteiger partial charge in [-0.15, -0.1) is 11.3 Å². The lowest BCUT2D eigenvalue weighted by molar-refractivity contribution is -0.147. The quantitative estimate of drug-likeness (QED) is 0.731. The molecular weight excluding hydrogens is 314 g/mol. The van der Waals surface area contributed by atoms with Crippen molar-refractivity contribution >= 4 is 23.4 Å². The molecule has 1 heterocycles. The van der Waals surface area contributed by atoms with Crippen molar-refractivity contribution in [2.45, 2.75) is 57.7 Å². The first-order valence-electron chi connectivity index (χ1n) is 8.18. The topological polar surface area (TPSA) is 55.8 Å². The molecule has 1 fully saturated rings. The van der Waals surface area contributed by atoms with E-state index in [0.717, 1.165) is 30.6 Å². The van der Waals surface area contributed by atoms with Gasteiger partial charge in [-0.3, -0.25) is 4.79 Å². The van der Waals surface area contributed by atoms with E-state index in [9.17, 15) is 9.59 Å². The first-order chi connectivity index (χ1) is 11.1. The molecule has 1 aromatic heterocycles. The normalized spacial score (nSPS) is 16.6. The predicted octanol–water partition coefficient (Wildman–Crippen LogP) is 4.14. The summed E-state index contributed by atoms with van der Waals surface area (Å²) in [4.78, 5) is 26.0. The van der Waals surface area contributed by atoms with Crippen LogP contribution in [0.4, 0.5) is 4.79 Å². The first kappa shape index (κ1) is 17.8. The second-order valence-electron chi connectivity index (χ2n) is 5.97. The Morgan fingerprint density at radius 3 is 2.70 bits per heavy atom. The number of thiophene rings is 1. The lowest BCUT2D eigenvalue weighted by atomic mass is 9.98. The van der Waals surface area contributed by atoms with Gasteiger partial charge >= 0.3 is 12.1 Å². The molecule has 5 nitrogen and oxygen atoms in total. The van der Waals surface area contributed by atoms with Gasteiger partial charge in [0.25, 0.3) is 0 Å². The van der Waals surface area contributed by atoms with Crippen LogP contribution in [0.1, 0.15) is 56.4 Å². The average Bonchev–Trinajstić information content (AvgIpc) is 3.06. The van der Waals surface area contributed by atoms with Crippen LogP contribution in [0.3, 0.4) is 0 Å². The number of amides is 1. The molecule has 1 aliphatic carbocycles. The predicted molar refractivity (Wildman–Crippen MR) is 89.4 cm³/mol. The van der Waals surface area contributed by atoms with E-state index >= 15 is 0 Å². The highest BCUT2D eigenvalue weighted by Crippen LogP contribution is 2.26. The van der Waals surface area contributed by atoms with E-state index in [1.165, 1.54) is 13.3 Å². The van der Waals surface area contributed by atoms with E-state index in [1.807, 2.05) is 17.5 Å². The van der Waals surface area contributed by atoms with E-state index in [4.69, 9.17) is 9.47 Å². The number of ether oxygens (including phenoxy) is 2. The first-order valence-corrected chi connectivity index (χ1v) is 9.06. The molecule has 0 bridgehead atoms. The molecule has 0 radical (unpaired) electrons. The van der Waals surface area contributed by atoms with Crippen LogP contribution in [0, 0.1) is 0 Å². The third-order valence-electron chi connectivity index (χ3n) is 4.03. The molecule has 0 spiro atoms. The highest BCUT2D eigenvalue weighted by molar-refractivity contribution is 7.10. The third kappa shape index (κ3) is 5.86. The van der Waals surface area contributed by atoms with Crippen molar-refractivity contribution < 1.29 is 19.1 Å². The summed E-state index contributed by atoms with van der Waals surface area (Å²) >= 11 is 1.55. The summed E-state index contributed by atoms with van der Waals surface area (Å²) in [7, 11) is 1.73. The molecule has 0 aliphatic heterocycles. The fourth-order valence-electron chi connectivity index (χ4n) is 2.75. The number of hydrogen-bond acceptors (Lipinski definition) is 5. The van der Waals surface area contributed by atoms with Gasteiger partial charge in [0.15, 0.2) is 0 Å². The SMILES string of the molecule is CC(=O)OC(CCN(C)C(=O)OC1CCCCC1)c1cccs1. The smallest absolute Gasteiger partial charge is 0.409 e. The summed E-state index contributed by atoms with van der Waals surface area (Å²) in [5.41, 5.74) is 0. The Hall–Kier alpha value is -1.56. The number of nitrogens with zero attached hydrogens (tertiary/aromatic N) is 1. The number of esters is 1. The summed E-state index contributed by atoms with van der Waals surface area (Å²) < 4.78 is 10.9. The van der Waals surface area contributed by atoms with Crippen molar-refractivity contribution in [3.63, 3.8) is 0 Å². The molecule has 0 saturated heterocycles. The molecule has 1 atom stereocenters. The molecular formula is C17H25NO4S. The highest BCUT2D eigenvalue weighted by atomic mass is 32.1. The van der Waals surface area contributed by atoms with Crippen molar-refractivity contribution in [3.8, 4) is 0 Å². The van der Waals surface area contributed by atoms with Crippen molar-refractivity contribution in [2.24, 2.45) is 0 Å². The van der Waals surface area contributed by atoms with Crippen molar-refractivity contribution in [2.75, 3.05) is 13.6 Å². The maximum Gasteiger partial charge on any atom is 0.409 e. The lowest BCUT2D eigenvalue weighted by Crippen LogP contribution is -2.33. The summed E-state index contributed by atoms with van der Waals surface area (Å²) in [5.74, 6) is -0.309. The van der Waals surface area contributed by atoms with Crippen molar-refractivity contribution in [3.05, 3.63) is 22.4 Å². The number of carbonyl (C=O) groups is 2. The molecule has 1 saturated carbocycles. The van der Waals surface area contributed by atoms with Gasteiger partial charge in [0.2, 0.25) is 0 Å². The van der Waals surface area contributed by atoms with Gasteiger partial charge < -0.3 is 14.4 Å². The number of rotatable bonds is 6. The van der Waals surface area contributed by atoms with Gasteiger partial charge in [-0.2, -0.15) is 0 Å². The third-order valence-corrected chi connectivity index (χ3v) is 4.99. The van der Waals surface area contributed by atoms with Gasteiger partial charge in [0, 0.05) is 31.8 Å². The fraction of sp³-hybridized carbons (Fsp3) is 0.647. The minimum atomic E-state index is -0.309. The zero-order valence-electron chi connectivity index (χ0n) is 13.8. The van der Waals surface area contributed by atoms with Crippen LogP contribution in [0.25, 0.3) is 0 Å². The van der Waals surface area contributed by atoms with Crippen LogP contribution < -0.4 is 0 Å². The molecule has 128 valence electrons. The van der Waals surface area contributed by atoms with E-state index in [1.54, 1.807) is 23.3 Å². The Balaban J connectivity index is 1.81. The molecule has 2 rings (SSSR count). The largest absolute Gasteiger partial charge is 0.457 e. The minimum Gasteiger partial charge on any atom is -0.457 e. The molecule has 0 N–H and O–H groups in total. The molecule has 1 aromatic rings. The zero-order chi connectivity index (χ0) is 16.7. The summed E-state index contributed by atoms with van der Waals surface area (Å²) in [5, 5.41) is 1.95.